The molecular weight excluding hydrogens is 660 g/mol. The first-order valence-electron chi connectivity index (χ1n) is 13.5. The lowest BCUT2D eigenvalue weighted by atomic mass is 9.90. The summed E-state index contributed by atoms with van der Waals surface area (Å²) < 4.78 is 75.9. The Bertz CT molecular complexity index is 2310. The molecule has 0 saturated heterocycles. The number of carbonyl (C=O) groups excluding carboxylic acids is 2. The minimum atomic E-state index is -5.13. The van der Waals surface area contributed by atoms with Crippen molar-refractivity contribution in [3.8, 4) is 34.2 Å². The molecule has 5 rings (SSSR count). The smallest absolute Gasteiger partial charge is 0.333 e. The van der Waals surface area contributed by atoms with Gasteiger partial charge >= 0.3 is 5.97 Å². The summed E-state index contributed by atoms with van der Waals surface area (Å²) in [5.41, 5.74) is 5.05. The van der Waals surface area contributed by atoms with Crippen LogP contribution in [0.5, 0.6) is 11.8 Å². The number of aromatic hydroxyl groups is 2. The van der Waals surface area contributed by atoms with E-state index in [9.17, 15) is 45.7 Å². The molecule has 0 saturated carbocycles. The maximum Gasteiger partial charge on any atom is 0.333 e. The molecule has 2 aromatic carbocycles. The van der Waals surface area contributed by atoms with Gasteiger partial charge in [-0.1, -0.05) is 18.2 Å². The molecule has 18 heteroatoms. The zero-order chi connectivity index (χ0) is 34.4. The highest BCUT2D eigenvalue weighted by Crippen LogP contribution is 2.45. The van der Waals surface area contributed by atoms with Crippen LogP contribution in [0.1, 0.15) is 23.2 Å². The van der Waals surface area contributed by atoms with Crippen LogP contribution in [0.3, 0.4) is 0 Å². The van der Waals surface area contributed by atoms with E-state index in [4.69, 9.17) is 20.4 Å². The normalized spacial score (nSPS) is 12.0. The highest BCUT2D eigenvalue weighted by Gasteiger charge is 2.32. The zero-order valence-electron chi connectivity index (χ0n) is 24.2. The second-order valence-electron chi connectivity index (χ2n) is 10.3. The minimum absolute atomic E-state index is 0.0134. The van der Waals surface area contributed by atoms with Crippen LogP contribution in [0.2, 0.25) is 0 Å². The van der Waals surface area contributed by atoms with E-state index in [-0.39, 0.29) is 47.0 Å². The SMILES string of the molecule is CN(CCCC(=O)On1c(O)ccc1O)C(=O)c1ccccc1-c1c2ccc(=N)c(S(=O)(=O)O)c-2oc2c(S(=O)(=O)O)c(N)ccc12. The van der Waals surface area contributed by atoms with Gasteiger partial charge in [-0.15, -0.1) is 4.73 Å². The molecule has 0 atom stereocenters. The first kappa shape index (κ1) is 32.9. The Hall–Kier alpha value is -5.43. The average Bonchev–Trinajstić information content (AvgIpc) is 3.30. The van der Waals surface area contributed by atoms with Crippen molar-refractivity contribution in [3.05, 3.63) is 71.6 Å². The number of nitrogen functional groups attached to an aromatic ring is 1. The zero-order valence-corrected chi connectivity index (χ0v) is 25.9. The minimum Gasteiger partial charge on any atom is -0.492 e. The topological polar surface area (TPSA) is 264 Å². The van der Waals surface area contributed by atoms with Crippen LogP contribution in [-0.4, -0.2) is 71.3 Å². The van der Waals surface area contributed by atoms with Crippen molar-refractivity contribution < 1.29 is 55.0 Å². The van der Waals surface area contributed by atoms with Crippen LogP contribution in [-0.2, 0) is 25.0 Å². The fourth-order valence-electron chi connectivity index (χ4n) is 5.09. The van der Waals surface area contributed by atoms with Crippen LogP contribution in [0.25, 0.3) is 33.4 Å². The second-order valence-corrected chi connectivity index (χ2v) is 13.0. The molecule has 2 aliphatic rings. The van der Waals surface area contributed by atoms with E-state index in [1.165, 1.54) is 42.3 Å². The molecule has 1 aliphatic heterocycles. The molecule has 47 heavy (non-hydrogen) atoms. The van der Waals surface area contributed by atoms with Gasteiger partial charge in [0.15, 0.2) is 21.1 Å². The van der Waals surface area contributed by atoms with Crippen LogP contribution >= 0.6 is 0 Å². The molecule has 16 nitrogen and oxygen atoms in total. The molecule has 0 bridgehead atoms. The first-order chi connectivity index (χ1) is 22.0. The fourth-order valence-corrected chi connectivity index (χ4v) is 6.58. The monoisotopic (exact) mass is 686 g/mol. The van der Waals surface area contributed by atoms with E-state index in [1.54, 1.807) is 12.1 Å². The van der Waals surface area contributed by atoms with Gasteiger partial charge in [0, 0.05) is 54.2 Å². The predicted molar refractivity (Wildman–Crippen MR) is 164 cm³/mol. The Labute approximate surface area is 266 Å². The van der Waals surface area contributed by atoms with E-state index in [1.807, 2.05) is 0 Å². The van der Waals surface area contributed by atoms with Gasteiger partial charge in [-0.3, -0.25) is 19.3 Å². The maximum atomic E-state index is 13.8. The Morgan fingerprint density at radius 2 is 1.55 bits per heavy atom. The summed E-state index contributed by atoms with van der Waals surface area (Å²) in [6, 6.07) is 13.2. The van der Waals surface area contributed by atoms with Gasteiger partial charge in [-0.2, -0.15) is 16.8 Å². The summed E-state index contributed by atoms with van der Waals surface area (Å²) in [4.78, 5) is 30.3. The lowest BCUT2D eigenvalue weighted by molar-refractivity contribution is -0.145. The van der Waals surface area contributed by atoms with Crippen LogP contribution in [0.15, 0.2) is 74.9 Å². The molecule has 0 spiro atoms. The number of hydrogen-bond acceptors (Lipinski definition) is 12. The van der Waals surface area contributed by atoms with Gasteiger partial charge in [0.25, 0.3) is 26.1 Å². The molecule has 1 aliphatic carbocycles. The number of nitrogens with zero attached hydrogens (tertiary/aromatic N) is 2. The van der Waals surface area contributed by atoms with Crippen LogP contribution in [0, 0.1) is 5.41 Å². The molecule has 1 amide bonds. The number of hydrogen-bond donors (Lipinski definition) is 6. The van der Waals surface area contributed by atoms with Crippen molar-refractivity contribution in [2.45, 2.75) is 22.6 Å². The van der Waals surface area contributed by atoms with Crippen molar-refractivity contribution in [2.75, 3.05) is 19.3 Å². The number of nitrogens with one attached hydrogen (secondary N) is 1. The lowest BCUT2D eigenvalue weighted by Crippen LogP contribution is -2.29. The third-order valence-electron chi connectivity index (χ3n) is 7.15. The van der Waals surface area contributed by atoms with Crippen molar-refractivity contribution >= 4 is 48.8 Å². The molecular formula is C29H26N4O12S2. The fraction of sp³-hybridized carbons (Fsp3) is 0.138. The van der Waals surface area contributed by atoms with Crippen molar-refractivity contribution in [1.29, 1.82) is 5.41 Å². The van der Waals surface area contributed by atoms with Gasteiger partial charge in [0.1, 0.15) is 0 Å². The average molecular weight is 687 g/mol. The van der Waals surface area contributed by atoms with Crippen molar-refractivity contribution in [2.24, 2.45) is 0 Å². The molecule has 7 N–H and O–H groups in total. The Morgan fingerprint density at radius 1 is 0.915 bits per heavy atom. The number of carbonyl (C=O) groups is 2. The number of rotatable bonds is 9. The quantitative estimate of drug-likeness (QED) is 0.0740. The highest BCUT2D eigenvalue weighted by atomic mass is 32.2. The first-order valence-corrected chi connectivity index (χ1v) is 16.4. The Kier molecular flexibility index (Phi) is 8.46. The number of amides is 1. The largest absolute Gasteiger partial charge is 0.492 e. The van der Waals surface area contributed by atoms with E-state index in [0.717, 1.165) is 18.2 Å². The van der Waals surface area contributed by atoms with Gasteiger partial charge in [-0.05, 0) is 42.3 Å². The van der Waals surface area contributed by atoms with Crippen molar-refractivity contribution in [3.63, 3.8) is 0 Å². The summed E-state index contributed by atoms with van der Waals surface area (Å²) in [7, 11) is -8.77. The molecule has 0 unspecified atom stereocenters. The molecule has 3 aromatic rings. The Morgan fingerprint density at radius 3 is 2.19 bits per heavy atom. The predicted octanol–water partition coefficient (Wildman–Crippen LogP) is 2.48. The third-order valence-corrected chi connectivity index (χ3v) is 9.01. The van der Waals surface area contributed by atoms with Gasteiger partial charge in [0.05, 0.1) is 11.0 Å². The lowest BCUT2D eigenvalue weighted by Gasteiger charge is -2.22. The van der Waals surface area contributed by atoms with E-state index >= 15 is 0 Å². The van der Waals surface area contributed by atoms with Gasteiger partial charge in [-0.25, -0.2) is 4.79 Å². The van der Waals surface area contributed by atoms with Crippen LogP contribution < -0.4 is 15.9 Å². The standard InChI is InChI=1S/C29H26N4O12S2/c1-32(14-4-7-23(36)45-33-21(34)12-13-22(33)35)29(37)16-6-3-2-5-15(16)24-17-8-10-19(30)27(46(38,39)40)25(17)44-26-18(24)9-11-20(31)28(26)47(41,42)43/h2-3,5-6,8-13,30,34-35H,4,7,14,31H2,1H3,(H,38,39,40)(H,41,42,43). The molecule has 1 aromatic heterocycles. The summed E-state index contributed by atoms with van der Waals surface area (Å²) >= 11 is 0. The molecule has 0 fully saturated rings. The Balaban J connectivity index is 1.61. The summed E-state index contributed by atoms with van der Waals surface area (Å²) in [6.45, 7) is 0.0239. The molecule has 0 radical (unpaired) electrons. The number of aromatic nitrogens is 1. The summed E-state index contributed by atoms with van der Waals surface area (Å²) in [5, 5.41) is 26.7. The summed E-state index contributed by atoms with van der Waals surface area (Å²) in [6.07, 6.45) is -0.109. The molecule has 2 heterocycles. The second kappa shape index (κ2) is 12.1. The van der Waals surface area contributed by atoms with E-state index in [0.29, 0.717) is 4.73 Å². The van der Waals surface area contributed by atoms with Crippen LogP contribution in [0.4, 0.5) is 5.69 Å². The summed E-state index contributed by atoms with van der Waals surface area (Å²) in [5.74, 6) is -3.01. The van der Waals surface area contributed by atoms with Gasteiger partial charge in [0.2, 0.25) is 11.8 Å². The number of anilines is 1. The number of nitrogens with two attached hydrogens (primary N) is 1. The maximum absolute atomic E-state index is 13.8. The highest BCUT2D eigenvalue weighted by molar-refractivity contribution is 7.86. The third kappa shape index (κ3) is 6.21. The van der Waals surface area contributed by atoms with Gasteiger partial charge < -0.3 is 30.1 Å². The van der Waals surface area contributed by atoms with E-state index < -0.39 is 76.1 Å². The molecule has 246 valence electrons. The number of benzene rings is 3. The van der Waals surface area contributed by atoms with E-state index in [2.05, 4.69) is 0 Å². The van der Waals surface area contributed by atoms with Crippen molar-refractivity contribution in [1.82, 2.24) is 9.63 Å². The number of fused-ring (bicyclic) bond motifs is 2.